The van der Waals surface area contributed by atoms with Crippen molar-refractivity contribution >= 4 is 11.8 Å². The van der Waals surface area contributed by atoms with E-state index >= 15 is 0 Å². The maximum atomic E-state index is 11.0. The number of aliphatic carboxylic acids is 1. The van der Waals surface area contributed by atoms with Crippen molar-refractivity contribution in [1.29, 1.82) is 5.26 Å². The second-order valence-corrected chi connectivity index (χ2v) is 3.58. The van der Waals surface area contributed by atoms with E-state index in [-0.39, 0.29) is 5.82 Å². The third kappa shape index (κ3) is 3.72. The minimum atomic E-state index is -0.951. The molecule has 0 amide bonds. The fraction of sp³-hybridized carbons (Fsp3) is 0.455. The number of nitrogens with zero attached hydrogens (tertiary/aromatic N) is 3. The maximum Gasteiger partial charge on any atom is 0.326 e. The van der Waals surface area contributed by atoms with Gasteiger partial charge in [-0.1, -0.05) is 19.8 Å². The number of unbranched alkanes of at least 4 members (excludes halogenated alkanes) is 1. The molecule has 0 fully saturated rings. The Morgan fingerprint density at radius 3 is 3.06 bits per heavy atom. The average Bonchev–Trinajstić information content (AvgIpc) is 2.34. The van der Waals surface area contributed by atoms with Crippen molar-refractivity contribution < 1.29 is 9.90 Å². The normalized spacial score (nSPS) is 11.5. The molecule has 0 bridgehead atoms. The first kappa shape index (κ1) is 12.9. The van der Waals surface area contributed by atoms with Gasteiger partial charge in [0.25, 0.3) is 0 Å². The van der Waals surface area contributed by atoms with E-state index in [1.807, 2.05) is 13.0 Å². The van der Waals surface area contributed by atoms with Crippen LogP contribution in [0.2, 0.25) is 0 Å². The quantitative estimate of drug-likeness (QED) is 0.771. The Morgan fingerprint density at radius 1 is 1.71 bits per heavy atom. The Balaban J connectivity index is 2.79. The Bertz CT molecular complexity index is 428. The molecule has 0 aliphatic carbocycles. The van der Waals surface area contributed by atoms with Crippen LogP contribution in [0.3, 0.4) is 0 Å². The summed E-state index contributed by atoms with van der Waals surface area (Å²) in [7, 11) is 0. The molecular formula is C11H14N4O2. The lowest BCUT2D eigenvalue weighted by molar-refractivity contribution is -0.138. The highest BCUT2D eigenvalue weighted by atomic mass is 16.4. The van der Waals surface area contributed by atoms with Crippen LogP contribution in [-0.4, -0.2) is 27.3 Å². The van der Waals surface area contributed by atoms with Gasteiger partial charge in [0.15, 0.2) is 5.82 Å². The Labute approximate surface area is 99.3 Å². The number of nitriles is 1. The van der Waals surface area contributed by atoms with Crippen LogP contribution in [0.25, 0.3) is 0 Å². The summed E-state index contributed by atoms with van der Waals surface area (Å²) in [6.07, 6.45) is 3.60. The molecule has 6 nitrogen and oxygen atoms in total. The molecule has 1 heterocycles. The van der Waals surface area contributed by atoms with Crippen molar-refractivity contribution in [1.82, 2.24) is 10.2 Å². The standard InChI is InChI=1S/C11H14N4O2/c1-2-3-4-9(11(16)17)14-10-8(7-12)5-6-13-15-10/h5-6,9H,2-4H2,1H3,(H,14,15)(H,16,17). The smallest absolute Gasteiger partial charge is 0.326 e. The molecule has 2 N–H and O–H groups in total. The summed E-state index contributed by atoms with van der Waals surface area (Å²) in [4.78, 5) is 11.0. The van der Waals surface area contributed by atoms with Crippen LogP contribution in [0.4, 0.5) is 5.82 Å². The second kappa shape index (κ2) is 6.43. The first-order valence-corrected chi connectivity index (χ1v) is 5.40. The van der Waals surface area contributed by atoms with E-state index in [0.29, 0.717) is 12.0 Å². The Morgan fingerprint density at radius 2 is 2.47 bits per heavy atom. The zero-order valence-corrected chi connectivity index (χ0v) is 9.55. The summed E-state index contributed by atoms with van der Waals surface area (Å²) in [6.45, 7) is 1.99. The van der Waals surface area contributed by atoms with Gasteiger partial charge in [-0.2, -0.15) is 10.4 Å². The summed E-state index contributed by atoms with van der Waals surface area (Å²) in [6, 6.07) is 2.69. The Kier molecular flexibility index (Phi) is 4.88. The number of rotatable bonds is 6. The van der Waals surface area contributed by atoms with Crippen molar-refractivity contribution in [3.05, 3.63) is 17.8 Å². The molecule has 90 valence electrons. The topological polar surface area (TPSA) is 98.9 Å². The molecule has 0 spiro atoms. The number of hydrogen-bond acceptors (Lipinski definition) is 5. The van der Waals surface area contributed by atoms with Crippen LogP contribution in [0.5, 0.6) is 0 Å². The molecule has 1 atom stereocenters. The zero-order valence-electron chi connectivity index (χ0n) is 9.55. The molecule has 0 radical (unpaired) electrons. The largest absolute Gasteiger partial charge is 0.480 e. The van der Waals surface area contributed by atoms with E-state index in [1.54, 1.807) is 0 Å². The van der Waals surface area contributed by atoms with Crippen LogP contribution in [0, 0.1) is 11.3 Å². The third-order valence-corrected chi connectivity index (χ3v) is 2.30. The molecule has 1 aromatic heterocycles. The molecule has 1 aromatic rings. The summed E-state index contributed by atoms with van der Waals surface area (Å²) < 4.78 is 0. The van der Waals surface area contributed by atoms with Gasteiger partial charge in [-0.25, -0.2) is 4.79 Å². The number of nitrogens with one attached hydrogen (secondary N) is 1. The fourth-order valence-electron chi connectivity index (χ4n) is 1.36. The summed E-state index contributed by atoms with van der Waals surface area (Å²) >= 11 is 0. The highest BCUT2D eigenvalue weighted by Gasteiger charge is 2.18. The van der Waals surface area contributed by atoms with Crippen molar-refractivity contribution in [2.45, 2.75) is 32.2 Å². The van der Waals surface area contributed by atoms with Crippen LogP contribution in [-0.2, 0) is 4.79 Å². The summed E-state index contributed by atoms with van der Waals surface area (Å²) in [5.74, 6) is -0.730. The molecule has 0 saturated heterocycles. The van der Waals surface area contributed by atoms with Gasteiger partial charge in [-0.15, -0.1) is 5.10 Å². The van der Waals surface area contributed by atoms with Gasteiger partial charge in [0.1, 0.15) is 12.1 Å². The lowest BCUT2D eigenvalue weighted by Gasteiger charge is -2.14. The highest BCUT2D eigenvalue weighted by molar-refractivity contribution is 5.77. The minimum Gasteiger partial charge on any atom is -0.480 e. The summed E-state index contributed by atoms with van der Waals surface area (Å²) in [5.41, 5.74) is 0.294. The van der Waals surface area contributed by atoms with Crippen LogP contribution in [0.15, 0.2) is 12.3 Å². The van der Waals surface area contributed by atoms with E-state index in [4.69, 9.17) is 10.4 Å². The number of hydrogen-bond donors (Lipinski definition) is 2. The van der Waals surface area contributed by atoms with E-state index in [9.17, 15) is 4.79 Å². The fourth-order valence-corrected chi connectivity index (χ4v) is 1.36. The molecule has 6 heteroatoms. The molecule has 1 rings (SSSR count). The summed E-state index contributed by atoms with van der Waals surface area (Å²) in [5, 5.41) is 28.0. The van der Waals surface area contributed by atoms with Crippen LogP contribution >= 0.6 is 0 Å². The van der Waals surface area contributed by atoms with Crippen molar-refractivity contribution in [3.8, 4) is 6.07 Å². The predicted molar refractivity (Wildman–Crippen MR) is 61.3 cm³/mol. The number of carboxylic acid groups (broad SMARTS) is 1. The first-order chi connectivity index (χ1) is 8.19. The molecule has 0 aliphatic rings. The molecule has 17 heavy (non-hydrogen) atoms. The monoisotopic (exact) mass is 234 g/mol. The van der Waals surface area contributed by atoms with E-state index < -0.39 is 12.0 Å². The molecule has 0 aliphatic heterocycles. The number of carbonyl (C=O) groups is 1. The van der Waals surface area contributed by atoms with Crippen LogP contribution in [0.1, 0.15) is 31.7 Å². The predicted octanol–water partition coefficient (Wildman–Crippen LogP) is 1.40. The van der Waals surface area contributed by atoms with Gasteiger partial charge in [0.05, 0.1) is 11.8 Å². The van der Waals surface area contributed by atoms with Gasteiger partial charge in [-0.05, 0) is 12.5 Å². The van der Waals surface area contributed by atoms with E-state index in [0.717, 1.165) is 12.8 Å². The third-order valence-electron chi connectivity index (χ3n) is 2.30. The van der Waals surface area contributed by atoms with Gasteiger partial charge in [-0.3, -0.25) is 0 Å². The van der Waals surface area contributed by atoms with Crippen molar-refractivity contribution in [2.24, 2.45) is 0 Å². The average molecular weight is 234 g/mol. The molecule has 0 saturated carbocycles. The lowest BCUT2D eigenvalue weighted by atomic mass is 10.1. The van der Waals surface area contributed by atoms with Gasteiger partial charge in [0, 0.05) is 0 Å². The van der Waals surface area contributed by atoms with E-state index in [2.05, 4.69) is 15.5 Å². The molecule has 1 unspecified atom stereocenters. The van der Waals surface area contributed by atoms with Crippen molar-refractivity contribution in [3.63, 3.8) is 0 Å². The van der Waals surface area contributed by atoms with Gasteiger partial charge >= 0.3 is 5.97 Å². The SMILES string of the molecule is CCCCC(Nc1nnccc1C#N)C(=O)O. The van der Waals surface area contributed by atoms with Gasteiger partial charge < -0.3 is 10.4 Å². The highest BCUT2D eigenvalue weighted by Crippen LogP contribution is 2.12. The number of aromatic nitrogens is 2. The maximum absolute atomic E-state index is 11.0. The lowest BCUT2D eigenvalue weighted by Crippen LogP contribution is -2.30. The minimum absolute atomic E-state index is 0.221. The first-order valence-electron chi connectivity index (χ1n) is 5.40. The molecule has 0 aromatic carbocycles. The second-order valence-electron chi connectivity index (χ2n) is 3.58. The van der Waals surface area contributed by atoms with Crippen LogP contribution < -0.4 is 5.32 Å². The number of carboxylic acids is 1. The molecular weight excluding hydrogens is 220 g/mol. The Hall–Kier alpha value is -2.16. The van der Waals surface area contributed by atoms with E-state index in [1.165, 1.54) is 12.3 Å². The van der Waals surface area contributed by atoms with Gasteiger partial charge in [0.2, 0.25) is 0 Å². The van der Waals surface area contributed by atoms with Crippen molar-refractivity contribution in [2.75, 3.05) is 5.32 Å². The number of anilines is 1. The zero-order chi connectivity index (χ0) is 12.7.